The minimum Gasteiger partial charge on any atom is -0.487 e. The molecular formula is C25H23N5O3. The van der Waals surface area contributed by atoms with Gasteiger partial charge in [-0.15, -0.1) is 0 Å². The van der Waals surface area contributed by atoms with Crippen molar-refractivity contribution >= 4 is 6.03 Å². The third-order valence-corrected chi connectivity index (χ3v) is 5.44. The highest BCUT2D eigenvalue weighted by molar-refractivity contribution is 5.75. The van der Waals surface area contributed by atoms with E-state index in [-0.39, 0.29) is 12.1 Å². The number of nitrogens with zero attached hydrogens (tertiary/aromatic N) is 4. The molecule has 1 N–H and O–H groups in total. The van der Waals surface area contributed by atoms with Gasteiger partial charge in [0.15, 0.2) is 0 Å². The predicted octanol–water partition coefficient (Wildman–Crippen LogP) is 3.81. The molecule has 0 radical (unpaired) electrons. The molecule has 0 unspecified atom stereocenters. The monoisotopic (exact) mass is 441 g/mol. The first-order valence-corrected chi connectivity index (χ1v) is 10.8. The van der Waals surface area contributed by atoms with Crippen LogP contribution in [0.2, 0.25) is 0 Å². The van der Waals surface area contributed by atoms with E-state index in [2.05, 4.69) is 32.6 Å². The molecule has 2 aromatic heterocycles. The fraction of sp³-hybridized carbons (Fsp3) is 0.200. The van der Waals surface area contributed by atoms with Crippen LogP contribution in [0.3, 0.4) is 0 Å². The molecule has 1 fully saturated rings. The second kappa shape index (κ2) is 9.52. The fourth-order valence-electron chi connectivity index (χ4n) is 3.58. The molecule has 0 saturated carbocycles. The molecule has 1 saturated heterocycles. The normalized spacial score (nSPS) is 13.4. The predicted molar refractivity (Wildman–Crippen MR) is 122 cm³/mol. The van der Waals surface area contributed by atoms with Crippen LogP contribution in [0.1, 0.15) is 5.56 Å². The lowest BCUT2D eigenvalue weighted by molar-refractivity contribution is 0.0445. The lowest BCUT2D eigenvalue weighted by Gasteiger charge is -2.38. The van der Waals surface area contributed by atoms with Crippen molar-refractivity contribution < 1.29 is 14.1 Å². The summed E-state index contributed by atoms with van der Waals surface area (Å²) >= 11 is 0. The third kappa shape index (κ3) is 5.01. The number of carbonyl (C=O) groups is 1. The molecule has 5 rings (SSSR count). The number of ether oxygens (including phenoxy) is 1. The molecule has 0 atom stereocenters. The van der Waals surface area contributed by atoms with Crippen molar-refractivity contribution in [3.05, 3.63) is 84.7 Å². The van der Waals surface area contributed by atoms with Crippen LogP contribution in [-0.2, 0) is 6.42 Å². The van der Waals surface area contributed by atoms with Crippen LogP contribution in [0, 0.1) is 0 Å². The second-order valence-electron chi connectivity index (χ2n) is 7.80. The maximum atomic E-state index is 12.3. The average Bonchev–Trinajstić information content (AvgIpc) is 3.33. The van der Waals surface area contributed by atoms with Gasteiger partial charge in [-0.3, -0.25) is 4.98 Å². The summed E-state index contributed by atoms with van der Waals surface area (Å²) in [6, 6.07) is 21.2. The Kier molecular flexibility index (Phi) is 5.97. The zero-order valence-electron chi connectivity index (χ0n) is 17.9. The van der Waals surface area contributed by atoms with Gasteiger partial charge < -0.3 is 19.5 Å². The SMILES string of the molecule is O=C(NCCc1ccccc1)N1CC(Oc2ccc(-c3noc(-c4ccncc4)n3)cc2)C1. The summed E-state index contributed by atoms with van der Waals surface area (Å²) < 4.78 is 11.3. The van der Waals surface area contributed by atoms with E-state index < -0.39 is 0 Å². The van der Waals surface area contributed by atoms with E-state index in [9.17, 15) is 4.79 Å². The van der Waals surface area contributed by atoms with E-state index >= 15 is 0 Å². The Morgan fingerprint density at radius 1 is 1.00 bits per heavy atom. The topological polar surface area (TPSA) is 93.4 Å². The number of carbonyl (C=O) groups excluding carboxylic acids is 1. The molecule has 8 nitrogen and oxygen atoms in total. The van der Waals surface area contributed by atoms with Crippen LogP contribution >= 0.6 is 0 Å². The van der Waals surface area contributed by atoms with Gasteiger partial charge in [-0.2, -0.15) is 4.98 Å². The Bertz CT molecular complexity index is 1190. The molecule has 1 aliphatic rings. The largest absolute Gasteiger partial charge is 0.487 e. The number of pyridine rings is 1. The highest BCUT2D eigenvalue weighted by atomic mass is 16.5. The number of hydrogen-bond acceptors (Lipinski definition) is 6. The van der Waals surface area contributed by atoms with Crippen molar-refractivity contribution in [3.8, 4) is 28.6 Å². The first-order valence-electron chi connectivity index (χ1n) is 10.8. The zero-order chi connectivity index (χ0) is 22.5. The van der Waals surface area contributed by atoms with Gasteiger partial charge in [0, 0.05) is 30.1 Å². The van der Waals surface area contributed by atoms with Crippen molar-refractivity contribution in [1.82, 2.24) is 25.3 Å². The van der Waals surface area contributed by atoms with Crippen LogP contribution in [-0.4, -0.2) is 51.8 Å². The van der Waals surface area contributed by atoms with Gasteiger partial charge in [0.25, 0.3) is 5.89 Å². The van der Waals surface area contributed by atoms with Gasteiger partial charge in [0.1, 0.15) is 11.9 Å². The van der Waals surface area contributed by atoms with Gasteiger partial charge in [0.2, 0.25) is 5.82 Å². The standard InChI is InChI=1S/C25H23N5O3/c31-25(27-15-10-18-4-2-1-3-5-18)30-16-22(17-30)32-21-8-6-19(7-9-21)23-28-24(33-29-23)20-11-13-26-14-12-20/h1-9,11-14,22H,10,15-17H2,(H,27,31). The number of amides is 2. The Morgan fingerprint density at radius 2 is 1.76 bits per heavy atom. The van der Waals surface area contributed by atoms with Crippen molar-refractivity contribution in [2.24, 2.45) is 0 Å². The third-order valence-electron chi connectivity index (χ3n) is 5.44. The van der Waals surface area contributed by atoms with Crippen molar-refractivity contribution in [2.45, 2.75) is 12.5 Å². The Morgan fingerprint density at radius 3 is 2.52 bits per heavy atom. The van der Waals surface area contributed by atoms with E-state index in [1.54, 1.807) is 17.3 Å². The van der Waals surface area contributed by atoms with Crippen LogP contribution in [0.5, 0.6) is 5.75 Å². The number of likely N-dealkylation sites (tertiary alicyclic amines) is 1. The van der Waals surface area contributed by atoms with Gasteiger partial charge in [-0.25, -0.2) is 4.79 Å². The van der Waals surface area contributed by atoms with Crippen molar-refractivity contribution in [1.29, 1.82) is 0 Å². The second-order valence-corrected chi connectivity index (χ2v) is 7.80. The molecule has 33 heavy (non-hydrogen) atoms. The summed E-state index contributed by atoms with van der Waals surface area (Å²) in [5.41, 5.74) is 2.86. The summed E-state index contributed by atoms with van der Waals surface area (Å²) in [6.07, 6.45) is 4.17. The van der Waals surface area contributed by atoms with E-state index in [1.807, 2.05) is 54.6 Å². The summed E-state index contributed by atoms with van der Waals surface area (Å²) in [6.45, 7) is 1.75. The molecule has 1 aliphatic heterocycles. The van der Waals surface area contributed by atoms with Crippen LogP contribution in [0.15, 0.2) is 83.6 Å². The van der Waals surface area contributed by atoms with Gasteiger partial charge in [-0.05, 0) is 48.4 Å². The van der Waals surface area contributed by atoms with E-state index in [4.69, 9.17) is 9.26 Å². The first kappa shape index (κ1) is 20.7. The lowest BCUT2D eigenvalue weighted by atomic mass is 10.1. The molecule has 2 amide bonds. The minimum atomic E-state index is -0.0526. The number of urea groups is 1. The summed E-state index contributed by atoms with van der Waals surface area (Å²) in [4.78, 5) is 22.4. The molecule has 8 heteroatoms. The Hall–Kier alpha value is -4.20. The molecule has 166 valence electrons. The number of rotatable bonds is 7. The van der Waals surface area contributed by atoms with Crippen LogP contribution in [0.4, 0.5) is 4.79 Å². The quantitative estimate of drug-likeness (QED) is 0.469. The smallest absolute Gasteiger partial charge is 0.317 e. The Balaban J connectivity index is 1.08. The van der Waals surface area contributed by atoms with Gasteiger partial charge in [-0.1, -0.05) is 35.5 Å². The van der Waals surface area contributed by atoms with E-state index in [0.29, 0.717) is 31.3 Å². The lowest BCUT2D eigenvalue weighted by Crippen LogP contribution is -2.59. The molecule has 2 aromatic carbocycles. The van der Waals surface area contributed by atoms with E-state index in [0.717, 1.165) is 23.3 Å². The van der Waals surface area contributed by atoms with Crippen molar-refractivity contribution in [2.75, 3.05) is 19.6 Å². The molecule has 3 heterocycles. The molecular weight excluding hydrogens is 418 g/mol. The average molecular weight is 441 g/mol. The fourth-order valence-corrected chi connectivity index (χ4v) is 3.58. The number of aromatic nitrogens is 3. The number of benzene rings is 2. The first-order chi connectivity index (χ1) is 16.2. The number of nitrogens with one attached hydrogen (secondary N) is 1. The summed E-state index contributed by atoms with van der Waals surface area (Å²) in [5, 5.41) is 7.02. The zero-order valence-corrected chi connectivity index (χ0v) is 17.9. The maximum absolute atomic E-state index is 12.3. The highest BCUT2D eigenvalue weighted by Crippen LogP contribution is 2.25. The van der Waals surface area contributed by atoms with Gasteiger partial charge >= 0.3 is 6.03 Å². The summed E-state index contributed by atoms with van der Waals surface area (Å²) in [5.74, 6) is 1.70. The Labute approximate surface area is 191 Å². The van der Waals surface area contributed by atoms with Crippen molar-refractivity contribution in [3.63, 3.8) is 0 Å². The van der Waals surface area contributed by atoms with Crippen LogP contribution in [0.25, 0.3) is 22.8 Å². The summed E-state index contributed by atoms with van der Waals surface area (Å²) in [7, 11) is 0. The molecule has 0 bridgehead atoms. The van der Waals surface area contributed by atoms with Gasteiger partial charge in [0.05, 0.1) is 13.1 Å². The molecule has 0 aliphatic carbocycles. The molecule has 0 spiro atoms. The minimum absolute atomic E-state index is 0.0146. The molecule has 4 aromatic rings. The number of hydrogen-bond donors (Lipinski definition) is 1. The van der Waals surface area contributed by atoms with E-state index in [1.165, 1.54) is 5.56 Å². The maximum Gasteiger partial charge on any atom is 0.317 e. The highest BCUT2D eigenvalue weighted by Gasteiger charge is 2.32. The van der Waals surface area contributed by atoms with Crippen LogP contribution < -0.4 is 10.1 Å².